The standard InChI is InChI=1S/C16H23N5O2S/c1-12(21-8-3-2-4-9-21)13-5-6-14(23-13)15(22)17-7-10-24-16-18-11-19-20-16/h5-6,11-12H,2-4,7-10H2,1H3,(H,17,22)(H,18,19,20)/t12-/m0/s1. The number of amides is 1. The van der Waals surface area contributed by atoms with Crippen LogP contribution in [-0.4, -0.2) is 51.4 Å². The number of nitrogens with one attached hydrogen (secondary N) is 2. The Hall–Kier alpha value is -1.80. The molecule has 0 unspecified atom stereocenters. The first kappa shape index (κ1) is 17.0. The molecule has 0 radical (unpaired) electrons. The van der Waals surface area contributed by atoms with Crippen LogP contribution in [0.25, 0.3) is 0 Å². The molecule has 0 saturated carbocycles. The maximum atomic E-state index is 12.2. The summed E-state index contributed by atoms with van der Waals surface area (Å²) in [6, 6.07) is 3.89. The first-order valence-corrected chi connectivity index (χ1v) is 9.33. The van der Waals surface area contributed by atoms with E-state index in [2.05, 4.69) is 32.3 Å². The maximum absolute atomic E-state index is 12.2. The zero-order valence-corrected chi connectivity index (χ0v) is 14.6. The van der Waals surface area contributed by atoms with Crippen LogP contribution in [0.2, 0.25) is 0 Å². The van der Waals surface area contributed by atoms with Crippen molar-refractivity contribution >= 4 is 17.7 Å². The van der Waals surface area contributed by atoms with Gasteiger partial charge in [0.25, 0.3) is 5.91 Å². The van der Waals surface area contributed by atoms with Crippen molar-refractivity contribution in [1.82, 2.24) is 25.4 Å². The predicted molar refractivity (Wildman–Crippen MR) is 92.0 cm³/mol. The molecular formula is C16H23N5O2S. The molecule has 7 nitrogen and oxygen atoms in total. The third-order valence-electron chi connectivity index (χ3n) is 4.22. The average Bonchev–Trinajstić information content (AvgIpc) is 3.30. The fraction of sp³-hybridized carbons (Fsp3) is 0.562. The number of hydrogen-bond acceptors (Lipinski definition) is 6. The first-order chi connectivity index (χ1) is 11.7. The largest absolute Gasteiger partial charge is 0.454 e. The lowest BCUT2D eigenvalue weighted by Gasteiger charge is -2.31. The number of piperidine rings is 1. The molecule has 1 fully saturated rings. The minimum absolute atomic E-state index is 0.176. The molecule has 3 heterocycles. The zero-order valence-electron chi connectivity index (χ0n) is 13.8. The molecule has 1 atom stereocenters. The van der Waals surface area contributed by atoms with E-state index < -0.39 is 0 Å². The maximum Gasteiger partial charge on any atom is 0.287 e. The number of carbonyl (C=O) groups is 1. The Labute approximate surface area is 145 Å². The molecular weight excluding hydrogens is 326 g/mol. The third kappa shape index (κ3) is 4.39. The Morgan fingerprint density at radius 1 is 1.42 bits per heavy atom. The Bertz CT molecular complexity index is 637. The van der Waals surface area contributed by atoms with Crippen molar-refractivity contribution in [3.63, 3.8) is 0 Å². The van der Waals surface area contributed by atoms with E-state index in [0.717, 1.165) is 29.8 Å². The second-order valence-corrected chi connectivity index (χ2v) is 6.95. The molecule has 0 spiro atoms. The molecule has 2 N–H and O–H groups in total. The van der Waals surface area contributed by atoms with Gasteiger partial charge >= 0.3 is 0 Å². The van der Waals surface area contributed by atoms with Gasteiger partial charge in [0.1, 0.15) is 12.1 Å². The molecule has 0 aromatic carbocycles. The molecule has 1 saturated heterocycles. The van der Waals surface area contributed by atoms with Crippen molar-refractivity contribution in [2.45, 2.75) is 37.4 Å². The monoisotopic (exact) mass is 349 g/mol. The van der Waals surface area contributed by atoms with Crippen LogP contribution in [-0.2, 0) is 0 Å². The van der Waals surface area contributed by atoms with Gasteiger partial charge in [0.05, 0.1) is 6.04 Å². The van der Waals surface area contributed by atoms with Crippen molar-refractivity contribution in [2.75, 3.05) is 25.4 Å². The smallest absolute Gasteiger partial charge is 0.287 e. The quantitative estimate of drug-likeness (QED) is 0.590. The number of thioether (sulfide) groups is 1. The number of likely N-dealkylation sites (tertiary alicyclic amines) is 1. The number of hydrogen-bond donors (Lipinski definition) is 2. The number of rotatable bonds is 7. The minimum atomic E-state index is -0.176. The summed E-state index contributed by atoms with van der Waals surface area (Å²) in [7, 11) is 0. The number of aromatic amines is 1. The summed E-state index contributed by atoms with van der Waals surface area (Å²) in [6.45, 7) is 4.88. The number of H-pyrrole nitrogens is 1. The first-order valence-electron chi connectivity index (χ1n) is 8.34. The van der Waals surface area contributed by atoms with Gasteiger partial charge in [-0.15, -0.1) is 0 Å². The Morgan fingerprint density at radius 2 is 2.25 bits per heavy atom. The molecule has 1 aliphatic rings. The zero-order chi connectivity index (χ0) is 16.8. The van der Waals surface area contributed by atoms with E-state index in [1.54, 1.807) is 6.07 Å². The van der Waals surface area contributed by atoms with Crippen LogP contribution in [0.5, 0.6) is 0 Å². The van der Waals surface area contributed by atoms with E-state index in [1.165, 1.54) is 37.4 Å². The van der Waals surface area contributed by atoms with Crippen molar-refractivity contribution in [3.05, 3.63) is 30.0 Å². The molecule has 2 aromatic heterocycles. The lowest BCUT2D eigenvalue weighted by atomic mass is 10.1. The van der Waals surface area contributed by atoms with E-state index in [4.69, 9.17) is 4.42 Å². The lowest BCUT2D eigenvalue weighted by molar-refractivity contribution is 0.0919. The summed E-state index contributed by atoms with van der Waals surface area (Å²) in [6.07, 6.45) is 5.25. The topological polar surface area (TPSA) is 87.0 Å². The molecule has 1 amide bonds. The van der Waals surface area contributed by atoms with E-state index in [9.17, 15) is 4.79 Å². The van der Waals surface area contributed by atoms with Crippen molar-refractivity contribution < 1.29 is 9.21 Å². The van der Waals surface area contributed by atoms with Crippen molar-refractivity contribution in [2.24, 2.45) is 0 Å². The summed E-state index contributed by atoms with van der Waals surface area (Å²) >= 11 is 1.51. The summed E-state index contributed by atoms with van der Waals surface area (Å²) in [5.41, 5.74) is 0. The molecule has 130 valence electrons. The SMILES string of the molecule is C[C@@H](c1ccc(C(=O)NCCSc2ncn[nH]2)o1)N1CCCCC1. The second-order valence-electron chi connectivity index (χ2n) is 5.87. The van der Waals surface area contributed by atoms with Crippen LogP contribution in [0.15, 0.2) is 28.0 Å². The van der Waals surface area contributed by atoms with E-state index in [0.29, 0.717) is 12.3 Å². The van der Waals surface area contributed by atoms with Crippen LogP contribution < -0.4 is 5.32 Å². The van der Waals surface area contributed by atoms with Crippen LogP contribution in [0.4, 0.5) is 0 Å². The van der Waals surface area contributed by atoms with Gasteiger partial charge in [0.15, 0.2) is 10.9 Å². The Balaban J connectivity index is 1.46. The van der Waals surface area contributed by atoms with Crippen LogP contribution in [0, 0.1) is 0 Å². The predicted octanol–water partition coefficient (Wildman–Crippen LogP) is 2.47. The Morgan fingerprint density at radius 3 is 3.00 bits per heavy atom. The lowest BCUT2D eigenvalue weighted by Crippen LogP contribution is -2.32. The van der Waals surface area contributed by atoms with Crippen molar-refractivity contribution in [3.8, 4) is 0 Å². The molecule has 3 rings (SSSR count). The fourth-order valence-corrected chi connectivity index (χ4v) is 3.48. The van der Waals surface area contributed by atoms with Gasteiger partial charge < -0.3 is 9.73 Å². The van der Waals surface area contributed by atoms with Crippen LogP contribution >= 0.6 is 11.8 Å². The number of carbonyl (C=O) groups excluding carboxylic acids is 1. The highest BCUT2D eigenvalue weighted by molar-refractivity contribution is 7.99. The molecule has 1 aliphatic heterocycles. The Kier molecular flexibility index (Phi) is 5.92. The summed E-state index contributed by atoms with van der Waals surface area (Å²) in [4.78, 5) is 18.6. The van der Waals surface area contributed by atoms with Crippen LogP contribution in [0.1, 0.15) is 48.5 Å². The van der Waals surface area contributed by atoms with E-state index >= 15 is 0 Å². The number of nitrogens with zero attached hydrogens (tertiary/aromatic N) is 3. The molecule has 8 heteroatoms. The van der Waals surface area contributed by atoms with Gasteiger partial charge in [-0.2, -0.15) is 5.10 Å². The molecule has 2 aromatic rings. The van der Waals surface area contributed by atoms with Gasteiger partial charge in [0.2, 0.25) is 0 Å². The van der Waals surface area contributed by atoms with E-state index in [1.807, 2.05) is 6.07 Å². The van der Waals surface area contributed by atoms with Crippen molar-refractivity contribution in [1.29, 1.82) is 0 Å². The molecule has 24 heavy (non-hydrogen) atoms. The van der Waals surface area contributed by atoms with Gasteiger partial charge in [-0.1, -0.05) is 18.2 Å². The number of aromatic nitrogens is 3. The minimum Gasteiger partial charge on any atom is -0.454 e. The van der Waals surface area contributed by atoms with E-state index in [-0.39, 0.29) is 11.9 Å². The molecule has 0 bridgehead atoms. The van der Waals surface area contributed by atoms with Crippen LogP contribution in [0.3, 0.4) is 0 Å². The number of furan rings is 1. The normalized spacial score (nSPS) is 16.9. The summed E-state index contributed by atoms with van der Waals surface area (Å²) in [5, 5.41) is 10.2. The van der Waals surface area contributed by atoms with Gasteiger partial charge in [-0.3, -0.25) is 14.8 Å². The molecule has 0 aliphatic carbocycles. The third-order valence-corrected chi connectivity index (χ3v) is 5.10. The van der Waals surface area contributed by atoms with Gasteiger partial charge in [-0.05, 0) is 45.0 Å². The highest BCUT2D eigenvalue weighted by Gasteiger charge is 2.22. The average molecular weight is 349 g/mol. The highest BCUT2D eigenvalue weighted by Crippen LogP contribution is 2.25. The highest BCUT2D eigenvalue weighted by atomic mass is 32.2. The van der Waals surface area contributed by atoms with Gasteiger partial charge in [-0.25, -0.2) is 4.98 Å². The second kappa shape index (κ2) is 8.34. The summed E-state index contributed by atoms with van der Waals surface area (Å²) < 4.78 is 5.77. The van der Waals surface area contributed by atoms with Gasteiger partial charge in [0, 0.05) is 12.3 Å². The fourth-order valence-electron chi connectivity index (χ4n) is 2.85. The summed E-state index contributed by atoms with van der Waals surface area (Å²) in [5.74, 6) is 1.78.